The zero-order chi connectivity index (χ0) is 21.3. The number of carbonyl (C=O) groups excluding carboxylic acids is 1. The molecule has 1 saturated heterocycles. The van der Waals surface area contributed by atoms with E-state index in [9.17, 15) is 9.59 Å². The van der Waals surface area contributed by atoms with Crippen LogP contribution < -0.4 is 25.1 Å². The lowest BCUT2D eigenvalue weighted by molar-refractivity contribution is -0.113. The summed E-state index contributed by atoms with van der Waals surface area (Å²) in [6.07, 6.45) is 1.91. The molecule has 1 atom stereocenters. The molecule has 1 fully saturated rings. The van der Waals surface area contributed by atoms with Crippen molar-refractivity contribution in [1.82, 2.24) is 9.78 Å². The molecule has 0 aliphatic carbocycles. The van der Waals surface area contributed by atoms with Crippen LogP contribution >= 0.6 is 23.5 Å². The van der Waals surface area contributed by atoms with Gasteiger partial charge < -0.3 is 19.5 Å². The van der Waals surface area contributed by atoms with E-state index in [0.717, 1.165) is 29.9 Å². The second kappa shape index (κ2) is 8.89. The van der Waals surface area contributed by atoms with E-state index in [4.69, 9.17) is 14.2 Å². The molecule has 4 rings (SSSR count). The predicted octanol–water partition coefficient (Wildman–Crippen LogP) is 3.05. The van der Waals surface area contributed by atoms with E-state index in [-0.39, 0.29) is 23.3 Å². The van der Waals surface area contributed by atoms with E-state index in [1.165, 1.54) is 11.8 Å². The normalized spacial score (nSPS) is 19.6. The molecule has 3 heterocycles. The van der Waals surface area contributed by atoms with Crippen LogP contribution in [0.5, 0.6) is 17.2 Å². The topological polar surface area (TPSA) is 94.6 Å². The van der Waals surface area contributed by atoms with Crippen LogP contribution in [0.1, 0.15) is 35.3 Å². The van der Waals surface area contributed by atoms with Crippen molar-refractivity contribution < 1.29 is 19.0 Å². The van der Waals surface area contributed by atoms with Gasteiger partial charge in [0, 0.05) is 5.56 Å². The Morgan fingerprint density at radius 1 is 1.03 bits per heavy atom. The maximum absolute atomic E-state index is 13.1. The van der Waals surface area contributed by atoms with Crippen molar-refractivity contribution in [1.29, 1.82) is 0 Å². The summed E-state index contributed by atoms with van der Waals surface area (Å²) in [4.78, 5) is 25.6. The van der Waals surface area contributed by atoms with Crippen LogP contribution in [-0.4, -0.2) is 54.3 Å². The summed E-state index contributed by atoms with van der Waals surface area (Å²) in [5.41, 5.74) is 1.11. The van der Waals surface area contributed by atoms with E-state index in [1.54, 1.807) is 27.4 Å². The Hall–Kier alpha value is -2.20. The number of amides is 1. The van der Waals surface area contributed by atoms with Crippen LogP contribution in [0.2, 0.25) is 0 Å². The molecule has 8 nitrogen and oxygen atoms in total. The van der Waals surface area contributed by atoms with Gasteiger partial charge in [0.15, 0.2) is 11.5 Å². The summed E-state index contributed by atoms with van der Waals surface area (Å²) in [5, 5.41) is 5.56. The number of fused-ring (bicyclic) bond motifs is 1. The number of benzene rings is 1. The Labute approximate surface area is 183 Å². The number of nitrogens with zero attached hydrogens (tertiary/aromatic N) is 1. The summed E-state index contributed by atoms with van der Waals surface area (Å²) < 4.78 is 18.4. The molecule has 0 spiro atoms. The minimum atomic E-state index is -0.392. The summed E-state index contributed by atoms with van der Waals surface area (Å²) >= 11 is 3.31. The molecule has 0 bridgehead atoms. The molecular weight excluding hydrogens is 426 g/mol. The molecule has 0 unspecified atom stereocenters. The van der Waals surface area contributed by atoms with Gasteiger partial charge in [-0.3, -0.25) is 19.4 Å². The molecule has 2 aromatic rings. The quantitative estimate of drug-likeness (QED) is 0.721. The summed E-state index contributed by atoms with van der Waals surface area (Å²) in [5.74, 6) is 4.24. The largest absolute Gasteiger partial charge is 0.493 e. The third-order valence-electron chi connectivity index (χ3n) is 5.44. The fourth-order valence-corrected chi connectivity index (χ4v) is 6.26. The van der Waals surface area contributed by atoms with Gasteiger partial charge in [-0.2, -0.15) is 11.8 Å². The smallest absolute Gasteiger partial charge is 0.270 e. The van der Waals surface area contributed by atoms with Crippen molar-refractivity contribution in [2.45, 2.75) is 24.1 Å². The van der Waals surface area contributed by atoms with Gasteiger partial charge in [-0.15, -0.1) is 11.8 Å². The van der Waals surface area contributed by atoms with Crippen molar-refractivity contribution in [2.24, 2.45) is 0 Å². The van der Waals surface area contributed by atoms with Crippen LogP contribution in [0.3, 0.4) is 0 Å². The van der Waals surface area contributed by atoms with E-state index in [1.807, 2.05) is 22.5 Å². The first-order valence-electron chi connectivity index (χ1n) is 9.71. The average Bonchev–Trinajstić information content (AvgIpc) is 2.98. The van der Waals surface area contributed by atoms with Crippen molar-refractivity contribution in [3.63, 3.8) is 0 Å². The number of rotatable bonds is 5. The molecule has 2 aliphatic heterocycles. The monoisotopic (exact) mass is 451 g/mol. The molecule has 162 valence electrons. The first-order chi connectivity index (χ1) is 14.6. The molecule has 2 aliphatic rings. The number of hydrogen-bond donors (Lipinski definition) is 2. The van der Waals surface area contributed by atoms with Crippen molar-refractivity contribution in [3.05, 3.63) is 33.6 Å². The molecule has 0 radical (unpaired) electrons. The maximum Gasteiger partial charge on any atom is 0.270 e. The van der Waals surface area contributed by atoms with Gasteiger partial charge >= 0.3 is 0 Å². The second-order valence-electron chi connectivity index (χ2n) is 7.08. The zero-order valence-corrected chi connectivity index (χ0v) is 18.8. The van der Waals surface area contributed by atoms with E-state index in [2.05, 4.69) is 10.4 Å². The first kappa shape index (κ1) is 21.0. The fourth-order valence-electron chi connectivity index (χ4n) is 4.04. The molecular formula is C20H25N3O5S2. The molecule has 2 N–H and O–H groups in total. The highest BCUT2D eigenvalue weighted by Crippen LogP contribution is 2.49. The van der Waals surface area contributed by atoms with Crippen LogP contribution in [0, 0.1) is 0 Å². The fraction of sp³-hybridized carbons (Fsp3) is 0.500. The number of methoxy groups -OCH3 is 3. The molecule has 10 heteroatoms. The molecule has 1 amide bonds. The van der Waals surface area contributed by atoms with Crippen LogP contribution in [0.25, 0.3) is 0 Å². The minimum Gasteiger partial charge on any atom is -0.493 e. The average molecular weight is 452 g/mol. The molecule has 1 aromatic carbocycles. The molecule has 0 saturated carbocycles. The Kier molecular flexibility index (Phi) is 6.24. The van der Waals surface area contributed by atoms with Crippen LogP contribution in [-0.2, 0) is 4.79 Å². The number of carbonyl (C=O) groups is 1. The van der Waals surface area contributed by atoms with Gasteiger partial charge in [-0.1, -0.05) is 0 Å². The van der Waals surface area contributed by atoms with Crippen molar-refractivity contribution in [2.75, 3.05) is 43.9 Å². The van der Waals surface area contributed by atoms with Crippen molar-refractivity contribution >= 4 is 35.2 Å². The van der Waals surface area contributed by atoms with Crippen molar-refractivity contribution in [3.8, 4) is 17.2 Å². The van der Waals surface area contributed by atoms with Gasteiger partial charge in [0.25, 0.3) is 5.56 Å². The van der Waals surface area contributed by atoms with E-state index >= 15 is 0 Å². The lowest BCUT2D eigenvalue weighted by Crippen LogP contribution is -2.22. The third kappa shape index (κ3) is 3.66. The highest BCUT2D eigenvalue weighted by molar-refractivity contribution is 8.00. The lowest BCUT2D eigenvalue weighted by atomic mass is 10.0. The maximum atomic E-state index is 13.1. The van der Waals surface area contributed by atoms with Gasteiger partial charge in [0.05, 0.1) is 43.9 Å². The molecule has 1 aromatic heterocycles. The molecule has 30 heavy (non-hydrogen) atoms. The Balaban J connectivity index is 1.87. The van der Waals surface area contributed by atoms with E-state index in [0.29, 0.717) is 28.6 Å². The number of aromatic nitrogens is 2. The summed E-state index contributed by atoms with van der Waals surface area (Å²) in [6, 6.07) is 3.82. The number of aromatic amines is 1. The highest BCUT2D eigenvalue weighted by atomic mass is 32.2. The van der Waals surface area contributed by atoms with Gasteiger partial charge in [0.1, 0.15) is 5.82 Å². The Morgan fingerprint density at radius 3 is 2.43 bits per heavy atom. The minimum absolute atomic E-state index is 0.124. The third-order valence-corrected chi connectivity index (χ3v) is 7.74. The number of thioether (sulfide) groups is 2. The van der Waals surface area contributed by atoms with Crippen LogP contribution in [0.15, 0.2) is 16.9 Å². The SMILES string of the molecule is COc1ccc([C@H]2SCC(=O)Nc3c2c(=O)[nH]n3C2CCSCC2)c(OC)c1OC. The van der Waals surface area contributed by atoms with E-state index < -0.39 is 5.25 Å². The number of hydrogen-bond acceptors (Lipinski definition) is 7. The first-order valence-corrected chi connectivity index (χ1v) is 11.9. The number of anilines is 1. The zero-order valence-electron chi connectivity index (χ0n) is 17.1. The van der Waals surface area contributed by atoms with Crippen LogP contribution in [0.4, 0.5) is 5.82 Å². The lowest BCUT2D eigenvalue weighted by Gasteiger charge is -2.24. The Bertz CT molecular complexity index is 997. The predicted molar refractivity (Wildman–Crippen MR) is 120 cm³/mol. The number of ether oxygens (including phenoxy) is 3. The standard InChI is InChI=1S/C20H25N3O5S2/c1-26-13-5-4-12(16(27-2)17(13)28-3)18-15-19(21-14(24)10-30-18)23(22-20(15)25)11-6-8-29-9-7-11/h4-5,11,18H,6-10H2,1-3H3,(H,21,24)(H,22,25)/t18-/m1/s1. The Morgan fingerprint density at radius 2 is 1.77 bits per heavy atom. The summed E-state index contributed by atoms with van der Waals surface area (Å²) in [7, 11) is 4.66. The highest BCUT2D eigenvalue weighted by Gasteiger charge is 2.35. The van der Waals surface area contributed by atoms with Gasteiger partial charge in [-0.25, -0.2) is 0 Å². The summed E-state index contributed by atoms with van der Waals surface area (Å²) in [6.45, 7) is 0. The number of nitrogens with one attached hydrogen (secondary N) is 2. The van der Waals surface area contributed by atoms with Gasteiger partial charge in [-0.05, 0) is 36.5 Å². The second-order valence-corrected chi connectivity index (χ2v) is 9.40. The number of H-pyrrole nitrogens is 1. The van der Waals surface area contributed by atoms with Gasteiger partial charge in [0.2, 0.25) is 11.7 Å².